The van der Waals surface area contributed by atoms with Gasteiger partial charge in [-0.2, -0.15) is 0 Å². The second kappa shape index (κ2) is 1.98. The van der Waals surface area contributed by atoms with Crippen LogP contribution >= 0.6 is 19.4 Å². The predicted molar refractivity (Wildman–Crippen MR) is 25.0 cm³/mol. The largest absolute Gasteiger partial charge is 0.286 e. The zero-order valence-electron chi connectivity index (χ0n) is 2.52. The Labute approximate surface area is 36.3 Å². The molecule has 5 heavy (non-hydrogen) atoms. The summed E-state index contributed by atoms with van der Waals surface area (Å²) in [4.78, 5) is 7.32. The van der Waals surface area contributed by atoms with Gasteiger partial charge in [-0.15, -0.1) is 4.89 Å². The van der Waals surface area contributed by atoms with Gasteiger partial charge in [-0.25, -0.2) is 0 Å². The van der Waals surface area contributed by atoms with E-state index in [-0.39, 0.29) is 0 Å². The molecule has 0 amide bonds. The van der Waals surface area contributed by atoms with Crippen LogP contribution < -0.4 is 4.89 Å². The number of hydrogen-bond donors (Lipinski definition) is 1. The second-order valence-corrected chi connectivity index (χ2v) is 3.04. The first-order valence-electron chi connectivity index (χ1n) is 1.25. The fraction of sp³-hybridized carbons (Fsp3) is 1.00. The molecule has 0 radical (unpaired) electrons. The van der Waals surface area contributed by atoms with Crippen LogP contribution in [-0.2, 0) is 4.84 Å². The fourth-order valence-corrected chi connectivity index (χ4v) is 1.33. The molecular formula is CH4NOPS. The lowest BCUT2D eigenvalue weighted by Gasteiger charge is -1.77. The number of hydrogen-bond acceptors (Lipinski definition) is 3. The van der Waals surface area contributed by atoms with Crippen molar-refractivity contribution in [3.63, 3.8) is 0 Å². The third-order valence-corrected chi connectivity index (χ3v) is 1.95. The van der Waals surface area contributed by atoms with Crippen LogP contribution in [0.3, 0.4) is 0 Å². The highest BCUT2D eigenvalue weighted by Crippen LogP contribution is 2.30. The molecule has 2 nitrogen and oxygen atoms in total. The maximum absolute atomic E-state index is 4.67. The van der Waals surface area contributed by atoms with E-state index in [2.05, 4.69) is 9.72 Å². The molecule has 1 N–H and O–H groups in total. The van der Waals surface area contributed by atoms with E-state index < -0.39 is 0 Å². The van der Waals surface area contributed by atoms with Crippen molar-refractivity contribution in [3.05, 3.63) is 0 Å². The standard InChI is InChI=1S/CH4NOPS/c1-3-2-5-4-1/h2,4H,1H2. The predicted octanol–water partition coefficient (Wildman–Crippen LogP) is 0.720. The molecule has 1 atom stereocenters. The maximum atomic E-state index is 4.67. The van der Waals surface area contributed by atoms with Crippen molar-refractivity contribution in [3.8, 4) is 0 Å². The van der Waals surface area contributed by atoms with Crippen LogP contribution in [0.1, 0.15) is 0 Å². The first kappa shape index (κ1) is 3.88. The van der Waals surface area contributed by atoms with Gasteiger partial charge in [0.05, 0.1) is 6.35 Å². The molecule has 1 fully saturated rings. The van der Waals surface area contributed by atoms with Crippen LogP contribution in [0.4, 0.5) is 0 Å². The summed E-state index contributed by atoms with van der Waals surface area (Å²) in [6.45, 7) is 0. The van der Waals surface area contributed by atoms with Gasteiger partial charge in [0.15, 0.2) is 0 Å². The summed E-state index contributed by atoms with van der Waals surface area (Å²) in [6, 6.07) is 0. The van der Waals surface area contributed by atoms with E-state index in [0.29, 0.717) is 0 Å². The van der Waals surface area contributed by atoms with Gasteiger partial charge in [0.25, 0.3) is 0 Å². The quantitative estimate of drug-likeness (QED) is 0.366. The molecular weight excluding hydrogens is 105 g/mol. The van der Waals surface area contributed by atoms with Gasteiger partial charge in [-0.3, -0.25) is 4.84 Å². The Morgan fingerprint density at radius 3 is 3.20 bits per heavy atom. The second-order valence-electron chi connectivity index (χ2n) is 0.618. The topological polar surface area (TPSA) is 21.3 Å². The molecule has 0 aromatic rings. The monoisotopic (exact) mass is 109 g/mol. The van der Waals surface area contributed by atoms with Crippen molar-refractivity contribution in [1.82, 2.24) is 4.89 Å². The summed E-state index contributed by atoms with van der Waals surface area (Å²) in [5.74, 6) is 0. The van der Waals surface area contributed by atoms with Gasteiger partial charge in [-0.05, 0) is 19.4 Å². The molecule has 0 aliphatic carbocycles. The van der Waals surface area contributed by atoms with E-state index in [9.17, 15) is 0 Å². The Kier molecular flexibility index (Phi) is 1.53. The van der Waals surface area contributed by atoms with Crippen molar-refractivity contribution in [2.45, 2.75) is 0 Å². The first-order chi connectivity index (χ1) is 2.50. The molecule has 1 saturated heterocycles. The lowest BCUT2D eigenvalue weighted by Crippen LogP contribution is -1.90. The fourth-order valence-electron chi connectivity index (χ4n) is 0.147. The van der Waals surface area contributed by atoms with Crippen LogP contribution in [-0.4, -0.2) is 6.35 Å². The first-order valence-corrected chi connectivity index (χ1v) is 4.00. The molecule has 1 aliphatic heterocycles. The number of nitrogens with one attached hydrogen (secondary N) is 1. The van der Waals surface area contributed by atoms with Crippen LogP contribution in [0, 0.1) is 0 Å². The Bertz CT molecular complexity index is 23.2. The minimum Gasteiger partial charge on any atom is -0.286 e. The zero-order chi connectivity index (χ0) is 3.54. The highest BCUT2D eigenvalue weighted by Gasteiger charge is 1.94. The molecule has 0 spiro atoms. The molecule has 0 saturated carbocycles. The average Bonchev–Trinajstić information content (AvgIpc) is 1.76. The summed E-state index contributed by atoms with van der Waals surface area (Å²) < 4.78 is 0. The van der Waals surface area contributed by atoms with Crippen molar-refractivity contribution in [1.29, 1.82) is 0 Å². The van der Waals surface area contributed by atoms with E-state index in [4.69, 9.17) is 0 Å². The Morgan fingerprint density at radius 1 is 2.00 bits per heavy atom. The minimum absolute atomic E-state index is 0.880. The molecule has 0 bridgehead atoms. The van der Waals surface area contributed by atoms with Gasteiger partial charge < -0.3 is 0 Å². The summed E-state index contributed by atoms with van der Waals surface area (Å²) in [5.41, 5.74) is 0. The lowest BCUT2D eigenvalue weighted by atomic mass is 11.7. The van der Waals surface area contributed by atoms with Crippen molar-refractivity contribution in [2.75, 3.05) is 6.35 Å². The third-order valence-electron chi connectivity index (χ3n) is 0.304. The molecule has 30 valence electrons. The van der Waals surface area contributed by atoms with Gasteiger partial charge in [0.2, 0.25) is 0 Å². The summed E-state index contributed by atoms with van der Waals surface area (Å²) >= 11 is 1.63. The van der Waals surface area contributed by atoms with Gasteiger partial charge in [0.1, 0.15) is 0 Å². The summed E-state index contributed by atoms with van der Waals surface area (Å²) in [6.07, 6.45) is 0.880. The molecule has 1 unspecified atom stereocenters. The van der Waals surface area contributed by atoms with E-state index in [1.807, 2.05) is 0 Å². The van der Waals surface area contributed by atoms with Gasteiger partial charge in [-0.1, -0.05) is 0 Å². The molecule has 1 aliphatic rings. The Hall–Kier alpha value is 0.700. The van der Waals surface area contributed by atoms with Crippen molar-refractivity contribution in [2.24, 2.45) is 0 Å². The highest BCUT2D eigenvalue weighted by molar-refractivity contribution is 8.48. The third kappa shape index (κ3) is 1.05. The van der Waals surface area contributed by atoms with Crippen molar-refractivity contribution >= 4 is 19.4 Å². The SMILES string of the molecule is C1ONSP1. The van der Waals surface area contributed by atoms with Crippen LogP contribution in [0.25, 0.3) is 0 Å². The number of rotatable bonds is 0. The highest BCUT2D eigenvalue weighted by atomic mass is 32.7. The molecule has 1 rings (SSSR count). The average molecular weight is 109 g/mol. The molecule has 0 aromatic heterocycles. The van der Waals surface area contributed by atoms with E-state index in [1.165, 1.54) is 0 Å². The van der Waals surface area contributed by atoms with E-state index in [1.54, 1.807) is 11.6 Å². The molecule has 1 heterocycles. The smallest absolute Gasteiger partial charge is 0.0966 e. The zero-order valence-corrected chi connectivity index (χ0v) is 4.34. The van der Waals surface area contributed by atoms with E-state index in [0.717, 1.165) is 14.1 Å². The van der Waals surface area contributed by atoms with Crippen molar-refractivity contribution < 1.29 is 4.84 Å². The Morgan fingerprint density at radius 2 is 3.00 bits per heavy atom. The van der Waals surface area contributed by atoms with Crippen LogP contribution in [0.2, 0.25) is 0 Å². The Balaban J connectivity index is 2.08. The van der Waals surface area contributed by atoms with Crippen LogP contribution in [0.15, 0.2) is 0 Å². The maximum Gasteiger partial charge on any atom is 0.0966 e. The molecule has 4 heteroatoms. The molecule has 0 aromatic carbocycles. The minimum atomic E-state index is 0.880. The summed E-state index contributed by atoms with van der Waals surface area (Å²) in [5, 5.41) is 0. The van der Waals surface area contributed by atoms with E-state index >= 15 is 0 Å². The lowest BCUT2D eigenvalue weighted by molar-refractivity contribution is 0.154. The normalized spacial score (nSPS) is 28.8. The summed E-state index contributed by atoms with van der Waals surface area (Å²) in [7, 11) is 0.892. The van der Waals surface area contributed by atoms with Gasteiger partial charge >= 0.3 is 0 Å². The van der Waals surface area contributed by atoms with Gasteiger partial charge in [0, 0.05) is 0 Å². The van der Waals surface area contributed by atoms with Crippen LogP contribution in [0.5, 0.6) is 0 Å².